The fraction of sp³-hybridized carbons (Fsp3) is 0.556. The average molecular weight is 212 g/mol. The zero-order chi connectivity index (χ0) is 11.0. The van der Waals surface area contributed by atoms with E-state index in [0.29, 0.717) is 13.1 Å². The number of nitrogens with one attached hydrogen (secondary N) is 2. The second-order valence-electron chi connectivity index (χ2n) is 3.78. The van der Waals surface area contributed by atoms with Gasteiger partial charge in [-0.2, -0.15) is 0 Å². The lowest BCUT2D eigenvalue weighted by Gasteiger charge is -2.29. The molecule has 6 nitrogen and oxygen atoms in total. The maximum atomic E-state index is 11.0. The van der Waals surface area contributed by atoms with Gasteiger partial charge in [-0.05, 0) is 0 Å². The summed E-state index contributed by atoms with van der Waals surface area (Å²) in [6, 6.07) is -1.70. The van der Waals surface area contributed by atoms with Gasteiger partial charge in [0.1, 0.15) is 12.1 Å². The van der Waals surface area contributed by atoms with Crippen molar-refractivity contribution in [2.75, 3.05) is 13.1 Å². The first-order valence-corrected chi connectivity index (χ1v) is 4.72. The summed E-state index contributed by atoms with van der Waals surface area (Å²) in [7, 11) is 0. The van der Waals surface area contributed by atoms with Gasteiger partial charge in [0.05, 0.1) is 0 Å². The van der Waals surface area contributed by atoms with Crippen molar-refractivity contribution in [2.24, 2.45) is 5.92 Å². The molecule has 0 radical (unpaired) electrons. The molecule has 0 aromatic carbocycles. The predicted octanol–water partition coefficient (Wildman–Crippen LogP) is -1.36. The van der Waals surface area contributed by atoms with Crippen molar-refractivity contribution < 1.29 is 19.8 Å². The quantitative estimate of drug-likeness (QED) is 0.422. The van der Waals surface area contributed by atoms with E-state index in [9.17, 15) is 9.59 Å². The highest BCUT2D eigenvalue weighted by Gasteiger charge is 2.40. The summed E-state index contributed by atoms with van der Waals surface area (Å²) in [6.07, 6.45) is 1.60. The van der Waals surface area contributed by atoms with E-state index in [1.165, 1.54) is 0 Å². The van der Waals surface area contributed by atoms with Gasteiger partial charge in [0, 0.05) is 19.0 Å². The summed E-state index contributed by atoms with van der Waals surface area (Å²) in [4.78, 5) is 21.7. The summed E-state index contributed by atoms with van der Waals surface area (Å²) in [6.45, 7) is 1.17. The van der Waals surface area contributed by atoms with E-state index >= 15 is 0 Å². The minimum atomic E-state index is -1.04. The molecule has 3 unspecified atom stereocenters. The van der Waals surface area contributed by atoms with Crippen molar-refractivity contribution >= 4 is 11.9 Å². The molecule has 2 rings (SSSR count). The molecule has 15 heavy (non-hydrogen) atoms. The molecule has 0 bridgehead atoms. The monoisotopic (exact) mass is 212 g/mol. The Morgan fingerprint density at radius 1 is 1.33 bits per heavy atom. The Kier molecular flexibility index (Phi) is 2.45. The molecule has 2 aliphatic rings. The fourth-order valence-corrected chi connectivity index (χ4v) is 2.11. The smallest absolute Gasteiger partial charge is 0.324 e. The van der Waals surface area contributed by atoms with Crippen LogP contribution >= 0.6 is 0 Å². The van der Waals surface area contributed by atoms with E-state index in [1.807, 2.05) is 0 Å². The molecule has 2 heterocycles. The van der Waals surface area contributed by atoms with Crippen LogP contribution in [-0.2, 0) is 9.59 Å². The highest BCUT2D eigenvalue weighted by molar-refractivity contribution is 5.81. The highest BCUT2D eigenvalue weighted by Crippen LogP contribution is 2.24. The third-order valence-corrected chi connectivity index (χ3v) is 2.84. The standard InChI is InChI=1S/C9H12N2O4/c12-8(13)6-1-4-2-10-3-5(4)7(11-6)9(14)15/h1,5-7,10-11H,2-3H2,(H,12,13)(H,14,15). The topological polar surface area (TPSA) is 98.7 Å². The van der Waals surface area contributed by atoms with Crippen molar-refractivity contribution in [1.82, 2.24) is 10.6 Å². The van der Waals surface area contributed by atoms with Gasteiger partial charge >= 0.3 is 11.9 Å². The number of fused-ring (bicyclic) bond motifs is 1. The molecule has 0 spiro atoms. The first-order chi connectivity index (χ1) is 7.09. The van der Waals surface area contributed by atoms with Crippen LogP contribution in [0.1, 0.15) is 0 Å². The maximum absolute atomic E-state index is 11.0. The summed E-state index contributed by atoms with van der Waals surface area (Å²) >= 11 is 0. The van der Waals surface area contributed by atoms with E-state index in [0.717, 1.165) is 5.57 Å². The van der Waals surface area contributed by atoms with Gasteiger partial charge in [-0.15, -0.1) is 0 Å². The molecule has 0 aromatic rings. The molecule has 0 amide bonds. The zero-order valence-corrected chi connectivity index (χ0v) is 7.93. The van der Waals surface area contributed by atoms with Crippen LogP contribution in [0, 0.1) is 5.92 Å². The largest absolute Gasteiger partial charge is 0.480 e. The molecule has 82 valence electrons. The number of carboxylic acid groups (broad SMARTS) is 2. The van der Waals surface area contributed by atoms with E-state index in [-0.39, 0.29) is 5.92 Å². The Balaban J connectivity index is 2.27. The molecule has 3 atom stereocenters. The van der Waals surface area contributed by atoms with Crippen LogP contribution in [0.5, 0.6) is 0 Å². The molecule has 0 aliphatic carbocycles. The van der Waals surface area contributed by atoms with Gasteiger partial charge in [-0.3, -0.25) is 14.9 Å². The van der Waals surface area contributed by atoms with Crippen LogP contribution in [-0.4, -0.2) is 47.3 Å². The average Bonchev–Trinajstić information content (AvgIpc) is 2.62. The van der Waals surface area contributed by atoms with Crippen LogP contribution in [0.15, 0.2) is 11.6 Å². The Morgan fingerprint density at radius 2 is 2.07 bits per heavy atom. The SMILES string of the molecule is O=C(O)C1C=C2CNCC2C(C(=O)O)N1. The molecule has 1 saturated heterocycles. The fourth-order valence-electron chi connectivity index (χ4n) is 2.11. The van der Waals surface area contributed by atoms with Crippen LogP contribution < -0.4 is 10.6 Å². The molecule has 2 aliphatic heterocycles. The van der Waals surface area contributed by atoms with Crippen molar-refractivity contribution in [2.45, 2.75) is 12.1 Å². The Hall–Kier alpha value is -1.40. The summed E-state index contributed by atoms with van der Waals surface area (Å²) in [5.74, 6) is -2.17. The van der Waals surface area contributed by atoms with Crippen LogP contribution in [0.2, 0.25) is 0 Å². The normalized spacial score (nSPS) is 34.4. The number of carbonyl (C=O) groups is 2. The van der Waals surface area contributed by atoms with Gasteiger partial charge in [-0.25, -0.2) is 0 Å². The first kappa shape index (κ1) is 10.1. The Bertz CT molecular complexity index is 339. The van der Waals surface area contributed by atoms with Crippen LogP contribution in [0.3, 0.4) is 0 Å². The number of rotatable bonds is 2. The van der Waals surface area contributed by atoms with E-state index in [1.54, 1.807) is 6.08 Å². The third-order valence-electron chi connectivity index (χ3n) is 2.84. The Morgan fingerprint density at radius 3 is 2.67 bits per heavy atom. The first-order valence-electron chi connectivity index (χ1n) is 4.72. The maximum Gasteiger partial charge on any atom is 0.324 e. The van der Waals surface area contributed by atoms with Crippen molar-refractivity contribution in [1.29, 1.82) is 0 Å². The molecule has 6 heteroatoms. The Labute approximate surface area is 86.0 Å². The van der Waals surface area contributed by atoms with Gasteiger partial charge in [0.2, 0.25) is 0 Å². The lowest BCUT2D eigenvalue weighted by atomic mass is 9.88. The molecular formula is C9H12N2O4. The molecule has 0 aromatic heterocycles. The minimum absolute atomic E-state index is 0.127. The molecule has 1 fully saturated rings. The summed E-state index contributed by atoms with van der Waals surface area (Å²) < 4.78 is 0. The molecular weight excluding hydrogens is 200 g/mol. The van der Waals surface area contributed by atoms with E-state index in [4.69, 9.17) is 10.2 Å². The summed E-state index contributed by atoms with van der Waals surface area (Å²) in [5, 5.41) is 23.5. The van der Waals surface area contributed by atoms with E-state index in [2.05, 4.69) is 10.6 Å². The van der Waals surface area contributed by atoms with Crippen molar-refractivity contribution in [3.8, 4) is 0 Å². The predicted molar refractivity (Wildman–Crippen MR) is 50.4 cm³/mol. The number of hydrogen-bond donors (Lipinski definition) is 4. The lowest BCUT2D eigenvalue weighted by Crippen LogP contribution is -2.53. The summed E-state index contributed by atoms with van der Waals surface area (Å²) in [5.41, 5.74) is 0.883. The van der Waals surface area contributed by atoms with Crippen LogP contribution in [0.25, 0.3) is 0 Å². The minimum Gasteiger partial charge on any atom is -0.480 e. The molecule has 0 saturated carbocycles. The van der Waals surface area contributed by atoms with Crippen molar-refractivity contribution in [3.05, 3.63) is 11.6 Å². The number of aliphatic carboxylic acids is 2. The number of carboxylic acids is 2. The molecule has 4 N–H and O–H groups in total. The van der Waals surface area contributed by atoms with Gasteiger partial charge < -0.3 is 15.5 Å². The second kappa shape index (κ2) is 3.63. The van der Waals surface area contributed by atoms with Crippen LogP contribution in [0.4, 0.5) is 0 Å². The highest BCUT2D eigenvalue weighted by atomic mass is 16.4. The zero-order valence-electron chi connectivity index (χ0n) is 7.93. The lowest BCUT2D eigenvalue weighted by molar-refractivity contribution is -0.142. The van der Waals surface area contributed by atoms with Gasteiger partial charge in [0.25, 0.3) is 0 Å². The van der Waals surface area contributed by atoms with Gasteiger partial charge in [0.15, 0.2) is 0 Å². The van der Waals surface area contributed by atoms with Crippen molar-refractivity contribution in [3.63, 3.8) is 0 Å². The second-order valence-corrected chi connectivity index (χ2v) is 3.78. The third kappa shape index (κ3) is 1.73. The van der Waals surface area contributed by atoms with E-state index < -0.39 is 24.0 Å². The van der Waals surface area contributed by atoms with Gasteiger partial charge in [-0.1, -0.05) is 11.6 Å². The number of hydrogen-bond acceptors (Lipinski definition) is 4.